The van der Waals surface area contributed by atoms with Crippen LogP contribution in [0.5, 0.6) is 5.75 Å². The normalized spacial score (nSPS) is 30.0. The molecule has 0 bridgehead atoms. The summed E-state index contributed by atoms with van der Waals surface area (Å²) in [7, 11) is 0.0377. The predicted molar refractivity (Wildman–Crippen MR) is 103 cm³/mol. The van der Waals surface area contributed by atoms with E-state index < -0.39 is 8.32 Å². The lowest BCUT2D eigenvalue weighted by Gasteiger charge is -2.46. The first kappa shape index (κ1) is 18.0. The molecule has 0 saturated heterocycles. The number of methoxy groups -OCH3 is 1. The number of rotatable bonds is 3. The van der Waals surface area contributed by atoms with E-state index in [0.29, 0.717) is 12.0 Å². The summed E-state index contributed by atoms with van der Waals surface area (Å²) in [4.78, 5) is 0. The van der Waals surface area contributed by atoms with E-state index in [2.05, 4.69) is 59.0 Å². The summed E-state index contributed by atoms with van der Waals surface area (Å²) in [6.07, 6.45) is 5.26. The zero-order chi connectivity index (χ0) is 17.8. The van der Waals surface area contributed by atoms with Gasteiger partial charge in [-0.25, -0.2) is 0 Å². The van der Waals surface area contributed by atoms with E-state index in [1.165, 1.54) is 24.8 Å². The lowest BCUT2D eigenvalue weighted by Crippen LogP contribution is -2.48. The van der Waals surface area contributed by atoms with Crippen molar-refractivity contribution < 1.29 is 9.16 Å². The van der Waals surface area contributed by atoms with Crippen LogP contribution in [-0.2, 0) is 10.8 Å². The van der Waals surface area contributed by atoms with Crippen LogP contribution >= 0.6 is 0 Å². The molecule has 3 heteroatoms. The number of hydrogen-bond donors (Lipinski definition) is 0. The number of ether oxygens (including phenoxy) is 1. The van der Waals surface area contributed by atoms with Gasteiger partial charge in [0, 0.05) is 0 Å². The second-order valence-corrected chi connectivity index (χ2v) is 14.3. The minimum atomic E-state index is -1.72. The molecule has 2 nitrogen and oxygen atoms in total. The van der Waals surface area contributed by atoms with Crippen molar-refractivity contribution >= 4 is 8.32 Å². The maximum atomic E-state index is 6.91. The van der Waals surface area contributed by atoms with Gasteiger partial charge in [0.2, 0.25) is 0 Å². The monoisotopic (exact) mass is 346 g/mol. The van der Waals surface area contributed by atoms with Crippen LogP contribution < -0.4 is 4.74 Å². The molecule has 0 amide bonds. The lowest BCUT2D eigenvalue weighted by molar-refractivity contribution is 0.0546. The Morgan fingerprint density at radius 1 is 1.17 bits per heavy atom. The van der Waals surface area contributed by atoms with Crippen LogP contribution in [0, 0.1) is 5.41 Å². The molecule has 2 aliphatic rings. The molecule has 0 aromatic heterocycles. The topological polar surface area (TPSA) is 18.5 Å². The quantitative estimate of drug-likeness (QED) is 0.633. The molecule has 0 spiro atoms. The van der Waals surface area contributed by atoms with Crippen molar-refractivity contribution in [3.8, 4) is 5.75 Å². The van der Waals surface area contributed by atoms with Crippen LogP contribution in [0.4, 0.5) is 0 Å². The molecular formula is C21H34O2Si. The Bertz CT molecular complexity index is 617. The summed E-state index contributed by atoms with van der Waals surface area (Å²) in [6.45, 7) is 14.3. The number of aryl methyl sites for hydroxylation is 1. The van der Waals surface area contributed by atoms with Crippen molar-refractivity contribution in [3.05, 3.63) is 29.3 Å². The minimum absolute atomic E-state index is 0.279. The first-order valence-corrected chi connectivity index (χ1v) is 12.3. The van der Waals surface area contributed by atoms with Crippen LogP contribution in [0.15, 0.2) is 18.2 Å². The van der Waals surface area contributed by atoms with E-state index in [1.807, 2.05) is 0 Å². The van der Waals surface area contributed by atoms with Gasteiger partial charge in [-0.1, -0.05) is 33.8 Å². The van der Waals surface area contributed by atoms with Crippen LogP contribution in [0.1, 0.15) is 64.0 Å². The average molecular weight is 347 g/mol. The van der Waals surface area contributed by atoms with Gasteiger partial charge in [-0.15, -0.1) is 0 Å². The molecule has 1 saturated carbocycles. The van der Waals surface area contributed by atoms with Crippen molar-refractivity contribution in [2.24, 2.45) is 5.41 Å². The summed E-state index contributed by atoms with van der Waals surface area (Å²) in [6, 6.07) is 6.69. The van der Waals surface area contributed by atoms with Gasteiger partial charge in [0.25, 0.3) is 0 Å². The van der Waals surface area contributed by atoms with E-state index in [9.17, 15) is 0 Å². The minimum Gasteiger partial charge on any atom is -0.497 e. The van der Waals surface area contributed by atoms with Crippen LogP contribution in [0.2, 0.25) is 18.1 Å². The first-order chi connectivity index (χ1) is 11.1. The molecule has 1 fully saturated rings. The molecule has 0 aliphatic heterocycles. The molecule has 1 aromatic rings. The Morgan fingerprint density at radius 3 is 2.50 bits per heavy atom. The predicted octanol–water partition coefficient (Wildman–Crippen LogP) is 5.92. The van der Waals surface area contributed by atoms with Gasteiger partial charge >= 0.3 is 0 Å². The van der Waals surface area contributed by atoms with Gasteiger partial charge < -0.3 is 9.16 Å². The van der Waals surface area contributed by atoms with Gasteiger partial charge in [0.15, 0.2) is 8.32 Å². The van der Waals surface area contributed by atoms with E-state index >= 15 is 0 Å². The van der Waals surface area contributed by atoms with Crippen LogP contribution in [0.3, 0.4) is 0 Å². The molecule has 3 atom stereocenters. The molecule has 24 heavy (non-hydrogen) atoms. The highest BCUT2D eigenvalue weighted by Gasteiger charge is 2.52. The lowest BCUT2D eigenvalue weighted by atomic mass is 9.66. The molecule has 0 radical (unpaired) electrons. The average Bonchev–Trinajstić information content (AvgIpc) is 2.82. The Kier molecular flexibility index (Phi) is 4.41. The summed E-state index contributed by atoms with van der Waals surface area (Å²) in [5.74, 6) is 1.63. The number of fused-ring (bicyclic) bond motifs is 3. The van der Waals surface area contributed by atoms with Gasteiger partial charge in [-0.05, 0) is 78.4 Å². The maximum absolute atomic E-state index is 6.91. The van der Waals surface area contributed by atoms with Crippen molar-refractivity contribution in [3.63, 3.8) is 0 Å². The molecule has 134 valence electrons. The summed E-state index contributed by atoms with van der Waals surface area (Å²) in [5.41, 5.74) is 3.33. The van der Waals surface area contributed by atoms with Gasteiger partial charge in [0.1, 0.15) is 5.75 Å². The highest BCUT2D eigenvalue weighted by molar-refractivity contribution is 6.74. The molecular weight excluding hydrogens is 312 g/mol. The Morgan fingerprint density at radius 2 is 1.88 bits per heavy atom. The second kappa shape index (κ2) is 5.88. The van der Waals surface area contributed by atoms with Crippen LogP contribution in [0.25, 0.3) is 0 Å². The highest BCUT2D eigenvalue weighted by Crippen LogP contribution is 2.58. The van der Waals surface area contributed by atoms with Crippen molar-refractivity contribution in [1.29, 1.82) is 0 Å². The van der Waals surface area contributed by atoms with Crippen LogP contribution in [-0.4, -0.2) is 21.5 Å². The third-order valence-electron chi connectivity index (χ3n) is 7.15. The van der Waals surface area contributed by atoms with E-state index in [-0.39, 0.29) is 10.5 Å². The third kappa shape index (κ3) is 2.84. The maximum Gasteiger partial charge on any atom is 0.192 e. The first-order valence-electron chi connectivity index (χ1n) is 9.43. The smallest absolute Gasteiger partial charge is 0.192 e. The summed E-state index contributed by atoms with van der Waals surface area (Å²) < 4.78 is 12.3. The molecule has 0 N–H and O–H groups in total. The molecule has 0 unspecified atom stereocenters. The van der Waals surface area contributed by atoms with Crippen molar-refractivity contribution in [2.75, 3.05) is 7.11 Å². The Balaban J connectivity index is 1.87. The fraction of sp³-hybridized carbons (Fsp3) is 0.714. The highest BCUT2D eigenvalue weighted by atomic mass is 28.4. The standard InChI is InChI=1S/C21H34O2Si/c1-20(2,3)24(6,7)23-19-11-10-18-17-9-8-16(22-5)14-15(17)12-13-21(18,19)4/h8-9,14,18-19H,10-13H2,1-7H3/t18-,19+,21-/m1/s1. The fourth-order valence-corrected chi connectivity index (χ4v) is 5.90. The Hall–Kier alpha value is -0.803. The zero-order valence-corrected chi connectivity index (χ0v) is 17.5. The van der Waals surface area contributed by atoms with E-state index in [0.717, 1.165) is 12.2 Å². The Labute approximate surface area is 149 Å². The van der Waals surface area contributed by atoms with Crippen molar-refractivity contribution in [1.82, 2.24) is 0 Å². The number of benzene rings is 1. The fourth-order valence-electron chi connectivity index (χ4n) is 4.44. The summed E-state index contributed by atoms with van der Waals surface area (Å²) in [5, 5.41) is 0.279. The van der Waals surface area contributed by atoms with Crippen molar-refractivity contribution in [2.45, 2.75) is 83.5 Å². The van der Waals surface area contributed by atoms with E-state index in [1.54, 1.807) is 12.7 Å². The SMILES string of the molecule is COc1ccc2c(c1)CC[C@@]1(C)[C@@H](O[Si](C)(C)C(C)(C)C)CC[C@H]21. The van der Waals surface area contributed by atoms with Gasteiger partial charge in [0.05, 0.1) is 13.2 Å². The largest absolute Gasteiger partial charge is 0.497 e. The van der Waals surface area contributed by atoms with E-state index in [4.69, 9.17) is 9.16 Å². The number of hydrogen-bond acceptors (Lipinski definition) is 2. The van der Waals surface area contributed by atoms with Gasteiger partial charge in [-0.2, -0.15) is 0 Å². The van der Waals surface area contributed by atoms with Gasteiger partial charge in [-0.3, -0.25) is 0 Å². The second-order valence-electron chi connectivity index (χ2n) is 9.57. The summed E-state index contributed by atoms with van der Waals surface area (Å²) >= 11 is 0. The molecule has 0 heterocycles. The molecule has 2 aliphatic carbocycles. The zero-order valence-electron chi connectivity index (χ0n) is 16.5. The third-order valence-corrected chi connectivity index (χ3v) is 11.6. The molecule has 1 aromatic carbocycles. The molecule has 3 rings (SSSR count).